The van der Waals surface area contributed by atoms with Gasteiger partial charge in [0.25, 0.3) is 0 Å². The second-order valence-electron chi connectivity index (χ2n) is 6.20. The van der Waals surface area contributed by atoms with Crippen LogP contribution in [0.25, 0.3) is 5.70 Å². The number of halogens is 1. The van der Waals surface area contributed by atoms with E-state index >= 15 is 0 Å². The van der Waals surface area contributed by atoms with Crippen LogP contribution in [0, 0.1) is 0 Å². The average molecular weight is 400 g/mol. The Morgan fingerprint density at radius 3 is 2.80 bits per heavy atom. The van der Waals surface area contributed by atoms with Gasteiger partial charge >= 0.3 is 6.03 Å². The zero-order valence-corrected chi connectivity index (χ0v) is 15.6. The lowest BCUT2D eigenvalue weighted by Gasteiger charge is -2.38. The Labute approximate surface area is 154 Å². The fourth-order valence-electron chi connectivity index (χ4n) is 3.51. The normalized spacial score (nSPS) is 18.9. The molecule has 6 heteroatoms. The Bertz CT molecular complexity index is 894. The van der Waals surface area contributed by atoms with E-state index < -0.39 is 0 Å². The number of fused-ring (bicyclic) bond motifs is 2. The van der Waals surface area contributed by atoms with Crippen LogP contribution in [-0.2, 0) is 0 Å². The number of urea groups is 1. The molecule has 2 aliphatic rings. The molecule has 0 saturated heterocycles. The van der Waals surface area contributed by atoms with Gasteiger partial charge in [0, 0.05) is 30.4 Å². The molecule has 0 fully saturated rings. The van der Waals surface area contributed by atoms with E-state index in [9.17, 15) is 4.79 Å². The van der Waals surface area contributed by atoms with E-state index in [0.29, 0.717) is 0 Å². The van der Waals surface area contributed by atoms with E-state index in [-0.39, 0.29) is 12.1 Å². The lowest BCUT2D eigenvalue weighted by atomic mass is 9.89. The Balaban J connectivity index is 1.84. The van der Waals surface area contributed by atoms with Crippen LogP contribution in [0.3, 0.4) is 0 Å². The van der Waals surface area contributed by atoms with Crippen LogP contribution in [0.5, 0.6) is 5.75 Å². The Kier molecular flexibility index (Phi) is 3.92. The number of amides is 2. The van der Waals surface area contributed by atoms with Crippen molar-refractivity contribution in [3.63, 3.8) is 0 Å². The fraction of sp³-hybridized carbons (Fsp3) is 0.211. The predicted molar refractivity (Wildman–Crippen MR) is 102 cm³/mol. The van der Waals surface area contributed by atoms with Crippen molar-refractivity contribution in [3.8, 4) is 5.75 Å². The largest absolute Gasteiger partial charge is 0.496 e. The summed E-state index contributed by atoms with van der Waals surface area (Å²) in [5, 5.41) is 6.05. The first kappa shape index (κ1) is 16.0. The molecule has 4 rings (SSSR count). The highest BCUT2D eigenvalue weighted by Crippen LogP contribution is 2.40. The molecular formula is C19H18BrN3O2. The molecule has 0 bridgehead atoms. The van der Waals surface area contributed by atoms with Crippen LogP contribution in [0.1, 0.15) is 17.2 Å². The van der Waals surface area contributed by atoms with Crippen molar-refractivity contribution < 1.29 is 9.53 Å². The van der Waals surface area contributed by atoms with Crippen LogP contribution in [-0.4, -0.2) is 26.7 Å². The van der Waals surface area contributed by atoms with Crippen molar-refractivity contribution in [1.82, 2.24) is 10.6 Å². The highest BCUT2D eigenvalue weighted by molar-refractivity contribution is 9.10. The second kappa shape index (κ2) is 6.11. The van der Waals surface area contributed by atoms with E-state index in [1.165, 1.54) is 0 Å². The second-order valence-corrected chi connectivity index (χ2v) is 7.05. The number of rotatable bonds is 2. The van der Waals surface area contributed by atoms with Gasteiger partial charge in [-0.2, -0.15) is 0 Å². The molecule has 0 aromatic heterocycles. The van der Waals surface area contributed by atoms with Gasteiger partial charge in [-0.15, -0.1) is 0 Å². The number of carbonyl (C=O) groups excluding carboxylic acids is 1. The molecule has 0 radical (unpaired) electrons. The molecule has 128 valence electrons. The molecule has 2 N–H and O–H groups in total. The quantitative estimate of drug-likeness (QED) is 0.809. The van der Waals surface area contributed by atoms with Crippen LogP contribution >= 0.6 is 15.9 Å². The SMILES string of the molecule is COc1ccc(C2NC(=O)NC3=C2CN(C)c2ccccc23)cc1Br. The molecule has 1 unspecified atom stereocenters. The standard InChI is InChI=1S/C19H18BrN3O2/c1-23-10-13-17(11-7-8-16(25-2)14(20)9-11)21-19(24)22-18(13)12-5-3-4-6-15(12)23/h3-9,17H,10H2,1-2H3,(H2,21,22,24). The summed E-state index contributed by atoms with van der Waals surface area (Å²) in [5.74, 6) is 0.768. The number of para-hydroxylation sites is 1. The number of hydrogen-bond donors (Lipinski definition) is 2. The Hall–Kier alpha value is -2.47. The smallest absolute Gasteiger partial charge is 0.320 e. The van der Waals surface area contributed by atoms with Crippen LogP contribution < -0.4 is 20.3 Å². The van der Waals surface area contributed by atoms with Crippen LogP contribution in [0.15, 0.2) is 52.5 Å². The van der Waals surface area contributed by atoms with Crippen molar-refractivity contribution in [2.45, 2.75) is 6.04 Å². The summed E-state index contributed by atoms with van der Waals surface area (Å²) in [5.41, 5.74) is 5.26. The molecule has 2 heterocycles. The molecule has 2 aliphatic heterocycles. The minimum Gasteiger partial charge on any atom is -0.496 e. The number of benzene rings is 2. The van der Waals surface area contributed by atoms with Gasteiger partial charge in [0.05, 0.1) is 23.3 Å². The van der Waals surface area contributed by atoms with Gasteiger partial charge in [0.1, 0.15) is 5.75 Å². The minimum absolute atomic E-state index is 0.179. The molecular weight excluding hydrogens is 382 g/mol. The summed E-state index contributed by atoms with van der Waals surface area (Å²) in [6.45, 7) is 0.744. The van der Waals surface area contributed by atoms with E-state index in [2.05, 4.69) is 44.6 Å². The molecule has 0 saturated carbocycles. The van der Waals surface area contributed by atoms with Crippen molar-refractivity contribution in [2.75, 3.05) is 25.6 Å². The van der Waals surface area contributed by atoms with Crippen molar-refractivity contribution in [1.29, 1.82) is 0 Å². The highest BCUT2D eigenvalue weighted by Gasteiger charge is 2.33. The monoisotopic (exact) mass is 399 g/mol. The third-order valence-electron chi connectivity index (χ3n) is 4.68. The molecule has 1 atom stereocenters. The molecule has 2 aromatic rings. The first-order valence-electron chi connectivity index (χ1n) is 8.03. The van der Waals surface area contributed by atoms with Gasteiger partial charge in [0.2, 0.25) is 0 Å². The maximum absolute atomic E-state index is 12.3. The average Bonchev–Trinajstić information content (AvgIpc) is 2.62. The van der Waals surface area contributed by atoms with Crippen LogP contribution in [0.2, 0.25) is 0 Å². The topological polar surface area (TPSA) is 53.6 Å². The van der Waals surface area contributed by atoms with E-state index in [1.807, 2.05) is 36.4 Å². The van der Waals surface area contributed by atoms with Crippen LogP contribution in [0.4, 0.5) is 10.5 Å². The summed E-state index contributed by atoms with van der Waals surface area (Å²) in [6, 6.07) is 13.7. The summed E-state index contributed by atoms with van der Waals surface area (Å²) in [7, 11) is 3.71. The maximum atomic E-state index is 12.3. The number of ether oxygens (including phenoxy) is 1. The molecule has 2 aromatic carbocycles. The number of carbonyl (C=O) groups is 1. The summed E-state index contributed by atoms with van der Waals surface area (Å²) < 4.78 is 6.18. The number of likely N-dealkylation sites (N-methyl/N-ethyl adjacent to an activating group) is 1. The minimum atomic E-state index is -0.185. The van der Waals surface area contributed by atoms with Gasteiger partial charge in [0.15, 0.2) is 0 Å². The van der Waals surface area contributed by atoms with Gasteiger partial charge in [-0.1, -0.05) is 24.3 Å². The molecule has 25 heavy (non-hydrogen) atoms. The highest BCUT2D eigenvalue weighted by atomic mass is 79.9. The lowest BCUT2D eigenvalue weighted by Crippen LogP contribution is -2.47. The summed E-state index contributed by atoms with van der Waals surface area (Å²) in [4.78, 5) is 14.5. The molecule has 5 nitrogen and oxygen atoms in total. The predicted octanol–water partition coefficient (Wildman–Crippen LogP) is 3.67. The van der Waals surface area contributed by atoms with Gasteiger partial charge in [-0.3, -0.25) is 0 Å². The number of nitrogens with one attached hydrogen (secondary N) is 2. The first-order chi connectivity index (χ1) is 12.1. The van der Waals surface area contributed by atoms with Gasteiger partial charge in [-0.05, 0) is 39.7 Å². The summed E-state index contributed by atoms with van der Waals surface area (Å²) >= 11 is 3.53. The molecule has 0 aliphatic carbocycles. The third kappa shape index (κ3) is 2.66. The number of anilines is 1. The van der Waals surface area contributed by atoms with E-state index in [4.69, 9.17) is 4.74 Å². The number of methoxy groups -OCH3 is 1. The Morgan fingerprint density at radius 1 is 1.24 bits per heavy atom. The zero-order chi connectivity index (χ0) is 17.6. The summed E-state index contributed by atoms with van der Waals surface area (Å²) in [6.07, 6.45) is 0. The maximum Gasteiger partial charge on any atom is 0.320 e. The van der Waals surface area contributed by atoms with Gasteiger partial charge < -0.3 is 20.3 Å². The molecule has 0 spiro atoms. The van der Waals surface area contributed by atoms with Crippen molar-refractivity contribution in [3.05, 3.63) is 63.6 Å². The third-order valence-corrected chi connectivity index (χ3v) is 5.30. The Morgan fingerprint density at radius 2 is 2.04 bits per heavy atom. The number of hydrogen-bond acceptors (Lipinski definition) is 3. The van der Waals surface area contributed by atoms with E-state index in [1.54, 1.807) is 7.11 Å². The fourth-order valence-corrected chi connectivity index (χ4v) is 4.07. The van der Waals surface area contributed by atoms with E-state index in [0.717, 1.165) is 44.9 Å². The number of nitrogens with zero attached hydrogens (tertiary/aromatic N) is 1. The van der Waals surface area contributed by atoms with Gasteiger partial charge in [-0.25, -0.2) is 4.79 Å². The first-order valence-corrected chi connectivity index (χ1v) is 8.82. The zero-order valence-electron chi connectivity index (χ0n) is 14.0. The van der Waals surface area contributed by atoms with Crippen molar-refractivity contribution >= 4 is 33.3 Å². The molecule has 2 amide bonds. The van der Waals surface area contributed by atoms with Crippen molar-refractivity contribution in [2.24, 2.45) is 0 Å². The lowest BCUT2D eigenvalue weighted by molar-refractivity contribution is 0.240.